The minimum atomic E-state index is 0.124. The molecule has 0 unspecified atom stereocenters. The van der Waals surface area contributed by atoms with E-state index in [-0.39, 0.29) is 11.8 Å². The van der Waals surface area contributed by atoms with Gasteiger partial charge in [0.25, 0.3) is 0 Å². The number of hydrogen-bond donors (Lipinski definition) is 1. The van der Waals surface area contributed by atoms with Crippen molar-refractivity contribution in [1.29, 1.82) is 0 Å². The van der Waals surface area contributed by atoms with Gasteiger partial charge in [0.1, 0.15) is 0 Å². The minimum absolute atomic E-state index is 0.124. The van der Waals surface area contributed by atoms with Crippen molar-refractivity contribution in [3.63, 3.8) is 0 Å². The van der Waals surface area contributed by atoms with Crippen LogP contribution in [-0.2, 0) is 11.3 Å². The maximum absolute atomic E-state index is 11.6. The lowest BCUT2D eigenvalue weighted by Crippen LogP contribution is -2.24. The number of carbonyl (C=O) groups is 1. The van der Waals surface area contributed by atoms with Gasteiger partial charge < -0.3 is 5.32 Å². The van der Waals surface area contributed by atoms with Crippen LogP contribution in [0.3, 0.4) is 0 Å². The van der Waals surface area contributed by atoms with E-state index in [1.807, 2.05) is 6.07 Å². The van der Waals surface area contributed by atoms with Crippen molar-refractivity contribution in [2.24, 2.45) is 11.8 Å². The van der Waals surface area contributed by atoms with E-state index in [1.165, 1.54) is 0 Å². The van der Waals surface area contributed by atoms with Crippen molar-refractivity contribution in [3.8, 4) is 0 Å². The van der Waals surface area contributed by atoms with Crippen LogP contribution < -0.4 is 5.32 Å². The topological polar surface area (TPSA) is 29.1 Å². The fourth-order valence-electron chi connectivity index (χ4n) is 1.67. The van der Waals surface area contributed by atoms with Gasteiger partial charge >= 0.3 is 0 Å². The van der Waals surface area contributed by atoms with E-state index < -0.39 is 0 Å². The Morgan fingerprint density at radius 1 is 1.50 bits per heavy atom. The van der Waals surface area contributed by atoms with E-state index in [0.717, 1.165) is 12.0 Å². The van der Waals surface area contributed by atoms with Crippen LogP contribution in [0.2, 0.25) is 10.0 Å². The molecule has 4 heteroatoms. The van der Waals surface area contributed by atoms with Gasteiger partial charge in [-0.15, -0.1) is 0 Å². The van der Waals surface area contributed by atoms with Gasteiger partial charge in [0.2, 0.25) is 5.91 Å². The van der Waals surface area contributed by atoms with E-state index in [0.29, 0.717) is 22.5 Å². The first-order valence-electron chi connectivity index (χ1n) is 5.29. The standard InChI is InChI=1S/C12H13Cl2NO/c1-7-4-10(7)12(16)15-6-8-2-3-9(13)5-11(8)14/h2-3,5,7,10H,4,6H2,1H3,(H,15,16)/t7-,10+/m0/s1. The number of rotatable bonds is 3. The number of amides is 1. The first-order valence-corrected chi connectivity index (χ1v) is 6.05. The van der Waals surface area contributed by atoms with Crippen molar-refractivity contribution in [2.75, 3.05) is 0 Å². The van der Waals surface area contributed by atoms with E-state index in [4.69, 9.17) is 23.2 Å². The van der Waals surface area contributed by atoms with Crippen LogP contribution in [0.15, 0.2) is 18.2 Å². The molecule has 86 valence electrons. The van der Waals surface area contributed by atoms with Crippen LogP contribution in [0.25, 0.3) is 0 Å². The van der Waals surface area contributed by atoms with Crippen LogP contribution in [0, 0.1) is 11.8 Å². The first-order chi connectivity index (χ1) is 7.58. The van der Waals surface area contributed by atoms with Gasteiger partial charge in [-0.3, -0.25) is 4.79 Å². The highest BCUT2D eigenvalue weighted by molar-refractivity contribution is 6.35. The SMILES string of the molecule is C[C@H]1C[C@H]1C(=O)NCc1ccc(Cl)cc1Cl. The van der Waals surface area contributed by atoms with Crippen molar-refractivity contribution in [2.45, 2.75) is 19.9 Å². The summed E-state index contributed by atoms with van der Waals surface area (Å²) in [5.74, 6) is 0.852. The second kappa shape index (κ2) is 4.64. The summed E-state index contributed by atoms with van der Waals surface area (Å²) in [4.78, 5) is 11.6. The summed E-state index contributed by atoms with van der Waals surface area (Å²) in [6.45, 7) is 2.55. The van der Waals surface area contributed by atoms with Crippen LogP contribution in [0.4, 0.5) is 0 Å². The Balaban J connectivity index is 1.92. The summed E-state index contributed by atoms with van der Waals surface area (Å²) in [5, 5.41) is 4.09. The Morgan fingerprint density at radius 3 is 2.75 bits per heavy atom. The lowest BCUT2D eigenvalue weighted by Gasteiger charge is -2.06. The van der Waals surface area contributed by atoms with Crippen molar-refractivity contribution in [1.82, 2.24) is 5.32 Å². The molecule has 0 saturated heterocycles. The largest absolute Gasteiger partial charge is 0.352 e. The second-order valence-electron chi connectivity index (χ2n) is 4.27. The van der Waals surface area contributed by atoms with Crippen molar-refractivity contribution in [3.05, 3.63) is 33.8 Å². The van der Waals surface area contributed by atoms with Gasteiger partial charge in [0, 0.05) is 22.5 Å². The molecular weight excluding hydrogens is 245 g/mol. The molecule has 0 heterocycles. The molecular formula is C12H13Cl2NO. The molecule has 0 radical (unpaired) electrons. The van der Waals surface area contributed by atoms with E-state index in [9.17, 15) is 4.79 Å². The smallest absolute Gasteiger partial charge is 0.223 e. The molecule has 0 aliphatic heterocycles. The van der Waals surface area contributed by atoms with Crippen molar-refractivity contribution < 1.29 is 4.79 Å². The molecule has 1 fully saturated rings. The Kier molecular flexibility index (Phi) is 3.41. The first kappa shape index (κ1) is 11.7. The fraction of sp³-hybridized carbons (Fsp3) is 0.417. The van der Waals surface area contributed by atoms with Gasteiger partial charge in [-0.1, -0.05) is 36.2 Å². The molecule has 0 bridgehead atoms. The quantitative estimate of drug-likeness (QED) is 0.885. The Bertz CT molecular complexity index is 419. The molecule has 2 atom stereocenters. The minimum Gasteiger partial charge on any atom is -0.352 e. The molecule has 1 aromatic carbocycles. The average Bonchev–Trinajstić information content (AvgIpc) is 2.94. The highest BCUT2D eigenvalue weighted by Crippen LogP contribution is 2.37. The van der Waals surface area contributed by atoms with Crippen LogP contribution in [0.5, 0.6) is 0 Å². The zero-order chi connectivity index (χ0) is 11.7. The monoisotopic (exact) mass is 257 g/mol. The normalized spacial score (nSPS) is 22.9. The molecule has 2 nitrogen and oxygen atoms in total. The molecule has 0 spiro atoms. The summed E-state index contributed by atoms with van der Waals surface area (Å²) in [6, 6.07) is 5.29. The Hall–Kier alpha value is -0.730. The predicted molar refractivity (Wildman–Crippen MR) is 65.6 cm³/mol. The van der Waals surface area contributed by atoms with Crippen LogP contribution >= 0.6 is 23.2 Å². The summed E-state index contributed by atoms with van der Waals surface area (Å²) >= 11 is 11.8. The number of benzene rings is 1. The van der Waals surface area contributed by atoms with Gasteiger partial charge in [0.15, 0.2) is 0 Å². The summed E-state index contributed by atoms with van der Waals surface area (Å²) in [7, 11) is 0. The molecule has 1 aromatic rings. The van der Waals surface area contributed by atoms with Crippen LogP contribution in [-0.4, -0.2) is 5.91 Å². The van der Waals surface area contributed by atoms with E-state index >= 15 is 0 Å². The average molecular weight is 258 g/mol. The van der Waals surface area contributed by atoms with Crippen LogP contribution in [0.1, 0.15) is 18.9 Å². The van der Waals surface area contributed by atoms with Gasteiger partial charge in [-0.05, 0) is 30.0 Å². The molecule has 1 N–H and O–H groups in total. The fourth-order valence-corrected chi connectivity index (χ4v) is 2.14. The number of nitrogens with one attached hydrogen (secondary N) is 1. The predicted octanol–water partition coefficient (Wildman–Crippen LogP) is 3.27. The van der Waals surface area contributed by atoms with E-state index in [1.54, 1.807) is 12.1 Å². The third-order valence-electron chi connectivity index (χ3n) is 2.91. The number of halogens is 2. The van der Waals surface area contributed by atoms with Crippen molar-refractivity contribution >= 4 is 29.1 Å². The lowest BCUT2D eigenvalue weighted by atomic mass is 10.2. The molecule has 16 heavy (non-hydrogen) atoms. The third-order valence-corrected chi connectivity index (χ3v) is 3.50. The molecule has 2 rings (SSSR count). The van der Waals surface area contributed by atoms with Gasteiger partial charge in [0.05, 0.1) is 0 Å². The van der Waals surface area contributed by atoms with E-state index in [2.05, 4.69) is 12.2 Å². The summed E-state index contributed by atoms with van der Waals surface area (Å²) in [6.07, 6.45) is 1.00. The highest BCUT2D eigenvalue weighted by atomic mass is 35.5. The maximum atomic E-state index is 11.6. The third kappa shape index (κ3) is 2.69. The lowest BCUT2D eigenvalue weighted by molar-refractivity contribution is -0.122. The molecule has 1 saturated carbocycles. The van der Waals surface area contributed by atoms with Gasteiger partial charge in [-0.25, -0.2) is 0 Å². The highest BCUT2D eigenvalue weighted by Gasteiger charge is 2.38. The molecule has 1 amide bonds. The second-order valence-corrected chi connectivity index (χ2v) is 5.12. The number of carbonyl (C=O) groups excluding carboxylic acids is 1. The number of hydrogen-bond acceptors (Lipinski definition) is 1. The molecule has 0 aromatic heterocycles. The summed E-state index contributed by atoms with van der Waals surface area (Å²) in [5.41, 5.74) is 0.896. The Morgan fingerprint density at radius 2 is 2.19 bits per heavy atom. The van der Waals surface area contributed by atoms with Gasteiger partial charge in [-0.2, -0.15) is 0 Å². The maximum Gasteiger partial charge on any atom is 0.223 e. The Labute approximate surface area is 105 Å². The zero-order valence-corrected chi connectivity index (χ0v) is 10.5. The molecule has 1 aliphatic rings. The molecule has 1 aliphatic carbocycles. The zero-order valence-electron chi connectivity index (χ0n) is 8.97. The summed E-state index contributed by atoms with van der Waals surface area (Å²) < 4.78 is 0.